The molecule has 1 rings (SSSR count). The van der Waals surface area contributed by atoms with Gasteiger partial charge in [0, 0.05) is 6.54 Å². The van der Waals surface area contributed by atoms with Gasteiger partial charge in [-0.2, -0.15) is 5.26 Å². The molecule has 0 aliphatic heterocycles. The lowest BCUT2D eigenvalue weighted by Gasteiger charge is -2.23. The summed E-state index contributed by atoms with van der Waals surface area (Å²) in [6.07, 6.45) is 0. The number of carbonyl (C=O) groups excluding carboxylic acids is 1. The summed E-state index contributed by atoms with van der Waals surface area (Å²) in [5.74, 6) is -0.308. The standard InChI is InChI=1S/C13H16N2O2/c1-4-15(9-13(16)17-3)12-7-10(2)5-6-11(12)8-14/h5-7H,4,9H2,1-3H3. The third-order valence-electron chi connectivity index (χ3n) is 2.54. The van der Waals surface area contributed by atoms with Crippen molar-refractivity contribution in [2.75, 3.05) is 25.1 Å². The van der Waals surface area contributed by atoms with E-state index in [1.807, 2.05) is 30.9 Å². The molecule has 0 heterocycles. The van der Waals surface area contributed by atoms with Gasteiger partial charge in [0.2, 0.25) is 0 Å². The number of nitrogens with zero attached hydrogens (tertiary/aromatic N) is 2. The summed E-state index contributed by atoms with van der Waals surface area (Å²) in [5, 5.41) is 9.05. The Bertz CT molecular complexity index is 449. The van der Waals surface area contributed by atoms with Crippen molar-refractivity contribution in [3.8, 4) is 6.07 Å². The summed E-state index contributed by atoms with van der Waals surface area (Å²) in [4.78, 5) is 13.1. The summed E-state index contributed by atoms with van der Waals surface area (Å²) in [6, 6.07) is 7.69. The number of benzene rings is 1. The number of carbonyl (C=O) groups is 1. The normalized spacial score (nSPS) is 9.53. The average Bonchev–Trinajstić information content (AvgIpc) is 2.35. The van der Waals surface area contributed by atoms with Gasteiger partial charge in [-0.1, -0.05) is 6.07 Å². The monoisotopic (exact) mass is 232 g/mol. The van der Waals surface area contributed by atoms with E-state index in [1.165, 1.54) is 7.11 Å². The fourth-order valence-electron chi connectivity index (χ4n) is 1.59. The van der Waals surface area contributed by atoms with Crippen molar-refractivity contribution in [3.63, 3.8) is 0 Å². The number of hydrogen-bond donors (Lipinski definition) is 0. The van der Waals surface area contributed by atoms with Crippen LogP contribution in [0.4, 0.5) is 5.69 Å². The van der Waals surface area contributed by atoms with Crippen LogP contribution < -0.4 is 4.90 Å². The van der Waals surface area contributed by atoms with E-state index in [4.69, 9.17) is 5.26 Å². The van der Waals surface area contributed by atoms with Gasteiger partial charge in [0.1, 0.15) is 12.6 Å². The number of ether oxygens (including phenoxy) is 1. The van der Waals surface area contributed by atoms with E-state index in [0.717, 1.165) is 11.3 Å². The van der Waals surface area contributed by atoms with Crippen LogP contribution in [0.25, 0.3) is 0 Å². The molecule has 0 saturated carbocycles. The number of anilines is 1. The summed E-state index contributed by atoms with van der Waals surface area (Å²) in [6.45, 7) is 4.70. The predicted molar refractivity (Wildman–Crippen MR) is 65.8 cm³/mol. The molecule has 1 aromatic rings. The Labute approximate surface area is 101 Å². The number of aryl methyl sites for hydroxylation is 1. The van der Waals surface area contributed by atoms with Crippen molar-refractivity contribution in [2.24, 2.45) is 0 Å². The molecule has 0 aromatic heterocycles. The summed E-state index contributed by atoms with van der Waals surface area (Å²) < 4.78 is 4.64. The molecule has 0 N–H and O–H groups in total. The molecule has 0 atom stereocenters. The Morgan fingerprint density at radius 3 is 2.76 bits per heavy atom. The van der Waals surface area contributed by atoms with Crippen molar-refractivity contribution in [2.45, 2.75) is 13.8 Å². The quantitative estimate of drug-likeness (QED) is 0.744. The molecular weight excluding hydrogens is 216 g/mol. The minimum absolute atomic E-state index is 0.158. The molecule has 4 nitrogen and oxygen atoms in total. The van der Waals surface area contributed by atoms with Crippen LogP contribution in [-0.2, 0) is 9.53 Å². The summed E-state index contributed by atoms with van der Waals surface area (Å²) >= 11 is 0. The van der Waals surface area contributed by atoms with E-state index in [-0.39, 0.29) is 12.5 Å². The van der Waals surface area contributed by atoms with Gasteiger partial charge in [-0.05, 0) is 31.5 Å². The van der Waals surface area contributed by atoms with Crippen LogP contribution in [0.2, 0.25) is 0 Å². The molecule has 0 aliphatic rings. The zero-order valence-electron chi connectivity index (χ0n) is 10.4. The molecule has 4 heteroatoms. The summed E-state index contributed by atoms with van der Waals surface area (Å²) in [5.41, 5.74) is 2.41. The molecule has 0 saturated heterocycles. The van der Waals surface area contributed by atoms with E-state index in [0.29, 0.717) is 12.1 Å². The molecule has 0 amide bonds. The Morgan fingerprint density at radius 2 is 2.24 bits per heavy atom. The third kappa shape index (κ3) is 3.22. The average molecular weight is 232 g/mol. The fourth-order valence-corrected chi connectivity index (χ4v) is 1.59. The smallest absolute Gasteiger partial charge is 0.325 e. The lowest BCUT2D eigenvalue weighted by molar-refractivity contribution is -0.138. The van der Waals surface area contributed by atoms with Crippen molar-refractivity contribution in [1.82, 2.24) is 0 Å². The van der Waals surface area contributed by atoms with Crippen LogP contribution >= 0.6 is 0 Å². The SMILES string of the molecule is CCN(CC(=O)OC)c1cc(C)ccc1C#N. The Hall–Kier alpha value is -2.02. The molecular formula is C13H16N2O2. The highest BCUT2D eigenvalue weighted by Gasteiger charge is 2.13. The lowest BCUT2D eigenvalue weighted by Crippen LogP contribution is -2.30. The number of likely N-dealkylation sites (N-methyl/N-ethyl adjacent to an activating group) is 1. The second-order valence-corrected chi connectivity index (χ2v) is 3.72. The van der Waals surface area contributed by atoms with E-state index in [2.05, 4.69) is 10.8 Å². The van der Waals surface area contributed by atoms with E-state index < -0.39 is 0 Å². The zero-order chi connectivity index (χ0) is 12.8. The largest absolute Gasteiger partial charge is 0.468 e. The van der Waals surface area contributed by atoms with Gasteiger partial charge in [0.15, 0.2) is 0 Å². The van der Waals surface area contributed by atoms with E-state index in [9.17, 15) is 4.79 Å². The first-order valence-electron chi connectivity index (χ1n) is 5.44. The molecule has 0 bridgehead atoms. The van der Waals surface area contributed by atoms with Crippen LogP contribution in [0.5, 0.6) is 0 Å². The molecule has 90 valence electrons. The van der Waals surface area contributed by atoms with E-state index >= 15 is 0 Å². The minimum Gasteiger partial charge on any atom is -0.468 e. The van der Waals surface area contributed by atoms with Gasteiger partial charge in [-0.25, -0.2) is 0 Å². The van der Waals surface area contributed by atoms with Crippen molar-refractivity contribution >= 4 is 11.7 Å². The zero-order valence-corrected chi connectivity index (χ0v) is 10.4. The topological polar surface area (TPSA) is 53.3 Å². The Balaban J connectivity index is 3.06. The molecule has 0 aliphatic carbocycles. The highest BCUT2D eigenvalue weighted by molar-refractivity contribution is 5.77. The number of methoxy groups -OCH3 is 1. The maximum Gasteiger partial charge on any atom is 0.325 e. The van der Waals surface area contributed by atoms with Crippen molar-refractivity contribution in [3.05, 3.63) is 29.3 Å². The predicted octanol–water partition coefficient (Wildman–Crippen LogP) is 1.87. The molecule has 0 fully saturated rings. The Morgan fingerprint density at radius 1 is 1.53 bits per heavy atom. The molecule has 1 aromatic carbocycles. The van der Waals surface area contributed by atoms with Gasteiger partial charge < -0.3 is 9.64 Å². The maximum absolute atomic E-state index is 11.3. The first kappa shape index (κ1) is 13.0. The van der Waals surface area contributed by atoms with Gasteiger partial charge in [0.05, 0.1) is 18.4 Å². The number of nitriles is 1. The summed E-state index contributed by atoms with van der Waals surface area (Å²) in [7, 11) is 1.36. The molecule has 17 heavy (non-hydrogen) atoms. The van der Waals surface area contributed by atoms with Gasteiger partial charge >= 0.3 is 5.97 Å². The van der Waals surface area contributed by atoms with E-state index in [1.54, 1.807) is 6.07 Å². The van der Waals surface area contributed by atoms with Crippen LogP contribution in [0, 0.1) is 18.3 Å². The third-order valence-corrected chi connectivity index (χ3v) is 2.54. The number of rotatable bonds is 4. The fraction of sp³-hybridized carbons (Fsp3) is 0.385. The molecule has 0 spiro atoms. The minimum atomic E-state index is -0.308. The van der Waals surface area contributed by atoms with Crippen LogP contribution in [0.1, 0.15) is 18.1 Å². The van der Waals surface area contributed by atoms with Gasteiger partial charge in [0.25, 0.3) is 0 Å². The Kier molecular flexibility index (Phi) is 4.53. The number of hydrogen-bond acceptors (Lipinski definition) is 4. The highest BCUT2D eigenvalue weighted by atomic mass is 16.5. The second-order valence-electron chi connectivity index (χ2n) is 3.72. The van der Waals surface area contributed by atoms with Crippen molar-refractivity contribution < 1.29 is 9.53 Å². The van der Waals surface area contributed by atoms with Crippen LogP contribution in [0.15, 0.2) is 18.2 Å². The molecule has 0 radical (unpaired) electrons. The van der Waals surface area contributed by atoms with Crippen LogP contribution in [-0.4, -0.2) is 26.2 Å². The van der Waals surface area contributed by atoms with Gasteiger partial charge in [-0.15, -0.1) is 0 Å². The molecule has 0 unspecified atom stereocenters. The maximum atomic E-state index is 11.3. The second kappa shape index (κ2) is 5.90. The first-order valence-corrected chi connectivity index (χ1v) is 5.44. The highest BCUT2D eigenvalue weighted by Crippen LogP contribution is 2.21. The van der Waals surface area contributed by atoms with Gasteiger partial charge in [-0.3, -0.25) is 4.79 Å². The first-order chi connectivity index (χ1) is 8.12. The number of esters is 1. The lowest BCUT2D eigenvalue weighted by atomic mass is 10.1. The van der Waals surface area contributed by atoms with Crippen LogP contribution in [0.3, 0.4) is 0 Å². The van der Waals surface area contributed by atoms with Crippen molar-refractivity contribution in [1.29, 1.82) is 5.26 Å².